The predicted molar refractivity (Wildman–Crippen MR) is 53.4 cm³/mol. The van der Waals surface area contributed by atoms with Crippen molar-refractivity contribution in [2.45, 2.75) is 6.04 Å². The van der Waals surface area contributed by atoms with Crippen molar-refractivity contribution in [3.05, 3.63) is 47.3 Å². The topological polar surface area (TPSA) is 12.0 Å². The predicted octanol–water partition coefficient (Wildman–Crippen LogP) is 2.93. The quantitative estimate of drug-likeness (QED) is 0.739. The van der Waals surface area contributed by atoms with Crippen LogP contribution in [0.25, 0.3) is 0 Å². The summed E-state index contributed by atoms with van der Waals surface area (Å²) in [5.74, 6) is -0.313. The summed E-state index contributed by atoms with van der Waals surface area (Å²) in [7, 11) is 1.73. The molecule has 1 aromatic carbocycles. The van der Waals surface area contributed by atoms with E-state index in [0.717, 1.165) is 0 Å². The average molecular weight is 200 g/mol. The highest BCUT2D eigenvalue weighted by Gasteiger charge is 2.13. The van der Waals surface area contributed by atoms with E-state index in [1.807, 2.05) is 0 Å². The first kappa shape index (κ1) is 10.2. The van der Waals surface area contributed by atoms with Gasteiger partial charge < -0.3 is 5.32 Å². The number of rotatable bonds is 3. The number of hydrogen-bond donors (Lipinski definition) is 1. The van der Waals surface area contributed by atoms with E-state index in [1.165, 1.54) is 6.07 Å². The van der Waals surface area contributed by atoms with Crippen LogP contribution in [0.15, 0.2) is 30.9 Å². The maximum Gasteiger partial charge on any atom is 0.129 e. The highest BCUT2D eigenvalue weighted by atomic mass is 35.5. The largest absolute Gasteiger partial charge is 0.310 e. The molecule has 0 heterocycles. The zero-order valence-corrected chi connectivity index (χ0v) is 8.11. The minimum absolute atomic E-state index is 0.242. The molecule has 0 saturated carbocycles. The van der Waals surface area contributed by atoms with Crippen molar-refractivity contribution < 1.29 is 4.39 Å². The molecule has 1 unspecified atom stereocenters. The summed E-state index contributed by atoms with van der Waals surface area (Å²) in [6.07, 6.45) is 1.62. The highest BCUT2D eigenvalue weighted by Crippen LogP contribution is 2.25. The molecule has 0 bridgehead atoms. The fourth-order valence-electron chi connectivity index (χ4n) is 1.19. The second kappa shape index (κ2) is 4.40. The molecule has 0 amide bonds. The van der Waals surface area contributed by atoms with Gasteiger partial charge >= 0.3 is 0 Å². The average Bonchev–Trinajstić information content (AvgIpc) is 2.11. The molecular weight excluding hydrogens is 189 g/mol. The minimum atomic E-state index is -0.313. The summed E-state index contributed by atoms with van der Waals surface area (Å²) < 4.78 is 13.3. The van der Waals surface area contributed by atoms with E-state index in [0.29, 0.717) is 10.6 Å². The molecule has 70 valence electrons. The summed E-state index contributed by atoms with van der Waals surface area (Å²) >= 11 is 5.85. The molecule has 0 aromatic heterocycles. The molecule has 0 aliphatic heterocycles. The van der Waals surface area contributed by atoms with Crippen molar-refractivity contribution in [1.82, 2.24) is 5.32 Å². The fourth-order valence-corrected chi connectivity index (χ4v) is 1.47. The van der Waals surface area contributed by atoms with E-state index in [-0.39, 0.29) is 11.9 Å². The van der Waals surface area contributed by atoms with E-state index in [9.17, 15) is 4.39 Å². The van der Waals surface area contributed by atoms with Gasteiger partial charge in [0.1, 0.15) is 5.82 Å². The zero-order valence-electron chi connectivity index (χ0n) is 7.35. The summed E-state index contributed by atoms with van der Waals surface area (Å²) in [6, 6.07) is 4.38. The molecule has 13 heavy (non-hydrogen) atoms. The highest BCUT2D eigenvalue weighted by molar-refractivity contribution is 6.31. The zero-order chi connectivity index (χ0) is 9.84. The van der Waals surface area contributed by atoms with Crippen molar-refractivity contribution in [2.75, 3.05) is 7.05 Å². The Kier molecular flexibility index (Phi) is 3.46. The van der Waals surface area contributed by atoms with Crippen LogP contribution in [0.5, 0.6) is 0 Å². The number of likely N-dealkylation sites (N-methyl/N-ethyl adjacent to an activating group) is 1. The van der Waals surface area contributed by atoms with Gasteiger partial charge in [0.2, 0.25) is 0 Å². The Morgan fingerprint density at radius 3 is 2.77 bits per heavy atom. The van der Waals surface area contributed by atoms with Gasteiger partial charge in [-0.25, -0.2) is 4.39 Å². The monoisotopic (exact) mass is 199 g/mol. The van der Waals surface area contributed by atoms with Crippen LogP contribution < -0.4 is 5.32 Å². The Labute approximate surface area is 82.2 Å². The lowest BCUT2D eigenvalue weighted by atomic mass is 10.1. The van der Waals surface area contributed by atoms with Crippen molar-refractivity contribution in [3.63, 3.8) is 0 Å². The van der Waals surface area contributed by atoms with Crippen molar-refractivity contribution in [3.8, 4) is 0 Å². The lowest BCUT2D eigenvalue weighted by Gasteiger charge is -2.13. The summed E-state index contributed by atoms with van der Waals surface area (Å²) in [4.78, 5) is 0. The van der Waals surface area contributed by atoms with Crippen molar-refractivity contribution in [2.24, 2.45) is 0 Å². The smallest absolute Gasteiger partial charge is 0.129 e. The molecule has 1 aromatic rings. The number of hydrogen-bond acceptors (Lipinski definition) is 1. The third kappa shape index (κ3) is 2.08. The van der Waals surface area contributed by atoms with Crippen LogP contribution >= 0.6 is 11.6 Å². The second-order valence-electron chi connectivity index (χ2n) is 2.64. The Morgan fingerprint density at radius 1 is 1.62 bits per heavy atom. The molecule has 1 nitrogen and oxygen atoms in total. The van der Waals surface area contributed by atoms with Crippen molar-refractivity contribution >= 4 is 11.6 Å². The molecule has 0 radical (unpaired) electrons. The second-order valence-corrected chi connectivity index (χ2v) is 3.04. The normalized spacial score (nSPS) is 12.5. The minimum Gasteiger partial charge on any atom is -0.310 e. The summed E-state index contributed by atoms with van der Waals surface area (Å²) in [5.41, 5.74) is 0.446. The van der Waals surface area contributed by atoms with Crippen LogP contribution in [0, 0.1) is 5.82 Å². The van der Waals surface area contributed by atoms with Crippen LogP contribution in [0.4, 0.5) is 4.39 Å². The van der Waals surface area contributed by atoms with Crippen LogP contribution in [-0.2, 0) is 0 Å². The van der Waals surface area contributed by atoms with Crippen LogP contribution in [-0.4, -0.2) is 7.05 Å². The van der Waals surface area contributed by atoms with Gasteiger partial charge in [-0.1, -0.05) is 23.7 Å². The molecule has 0 saturated heterocycles. The third-order valence-electron chi connectivity index (χ3n) is 1.86. The van der Waals surface area contributed by atoms with Gasteiger partial charge in [-0.3, -0.25) is 0 Å². The molecule has 1 rings (SSSR count). The standard InChI is InChI=1S/C10H11ClFN/c1-3-9(13-2)10-7(11)5-4-6-8(10)12/h3-6,9,13H,1H2,2H3. The first-order chi connectivity index (χ1) is 6.20. The lowest BCUT2D eigenvalue weighted by Crippen LogP contribution is -2.15. The van der Waals surface area contributed by atoms with Crippen LogP contribution in [0.2, 0.25) is 5.02 Å². The first-order valence-electron chi connectivity index (χ1n) is 3.94. The van der Waals surface area contributed by atoms with E-state index in [2.05, 4.69) is 11.9 Å². The maximum absolute atomic E-state index is 13.3. The first-order valence-corrected chi connectivity index (χ1v) is 4.32. The van der Waals surface area contributed by atoms with Crippen LogP contribution in [0.3, 0.4) is 0 Å². The Hall–Kier alpha value is -0.860. The molecule has 3 heteroatoms. The van der Waals surface area contributed by atoms with Crippen molar-refractivity contribution in [1.29, 1.82) is 0 Å². The molecular formula is C10H11ClFN. The number of halogens is 2. The Balaban J connectivity index is 3.17. The molecule has 0 aliphatic rings. The Morgan fingerprint density at radius 2 is 2.31 bits per heavy atom. The van der Waals surface area contributed by atoms with Gasteiger partial charge in [0.25, 0.3) is 0 Å². The van der Waals surface area contributed by atoms with Gasteiger partial charge in [0.05, 0.1) is 6.04 Å². The van der Waals surface area contributed by atoms with E-state index < -0.39 is 0 Å². The van der Waals surface area contributed by atoms with E-state index in [1.54, 1.807) is 25.3 Å². The maximum atomic E-state index is 13.3. The lowest BCUT2D eigenvalue weighted by molar-refractivity contribution is 0.582. The van der Waals surface area contributed by atoms with E-state index >= 15 is 0 Å². The van der Waals surface area contributed by atoms with Gasteiger partial charge in [-0.05, 0) is 19.2 Å². The fraction of sp³-hybridized carbons (Fsp3) is 0.200. The molecule has 1 atom stereocenters. The molecule has 0 aliphatic carbocycles. The van der Waals surface area contributed by atoms with Gasteiger partial charge in [0, 0.05) is 10.6 Å². The molecule has 0 fully saturated rings. The third-order valence-corrected chi connectivity index (χ3v) is 2.19. The molecule has 0 spiro atoms. The van der Waals surface area contributed by atoms with Crippen LogP contribution in [0.1, 0.15) is 11.6 Å². The molecule has 1 N–H and O–H groups in total. The number of nitrogens with one attached hydrogen (secondary N) is 1. The van der Waals surface area contributed by atoms with Gasteiger partial charge in [0.15, 0.2) is 0 Å². The summed E-state index contributed by atoms with van der Waals surface area (Å²) in [5, 5.41) is 3.32. The number of benzene rings is 1. The SMILES string of the molecule is C=CC(NC)c1c(F)cccc1Cl. The van der Waals surface area contributed by atoms with E-state index in [4.69, 9.17) is 11.6 Å². The van der Waals surface area contributed by atoms with Gasteiger partial charge in [-0.15, -0.1) is 6.58 Å². The van der Waals surface area contributed by atoms with Gasteiger partial charge in [-0.2, -0.15) is 0 Å². The summed E-state index contributed by atoms with van der Waals surface area (Å²) in [6.45, 7) is 3.60. The Bertz CT molecular complexity index is 292.